The van der Waals surface area contributed by atoms with E-state index in [4.69, 9.17) is 4.74 Å². The molecule has 1 aromatic heterocycles. The number of amides is 1. The van der Waals surface area contributed by atoms with Crippen LogP contribution in [0.1, 0.15) is 61.7 Å². The fraction of sp³-hybridized carbons (Fsp3) is 0.588. The Morgan fingerprint density at radius 1 is 1.22 bits per heavy atom. The number of carboxylic acids is 1. The summed E-state index contributed by atoms with van der Waals surface area (Å²) in [6.07, 6.45) is 8.50. The summed E-state index contributed by atoms with van der Waals surface area (Å²) in [5.74, 6) is -0.906. The van der Waals surface area contributed by atoms with Crippen LogP contribution < -0.4 is 10.1 Å². The summed E-state index contributed by atoms with van der Waals surface area (Å²) in [7, 11) is 0. The molecule has 3 rings (SSSR count). The monoisotopic (exact) mass is 318 g/mol. The second kappa shape index (κ2) is 6.56. The van der Waals surface area contributed by atoms with Crippen LogP contribution in [0.15, 0.2) is 18.3 Å². The van der Waals surface area contributed by atoms with Gasteiger partial charge in [0.25, 0.3) is 5.91 Å². The number of nitrogens with one attached hydrogen (secondary N) is 1. The molecule has 0 radical (unpaired) electrons. The number of nitrogens with zero attached hydrogens (tertiary/aromatic N) is 1. The first-order chi connectivity index (χ1) is 11.1. The van der Waals surface area contributed by atoms with Crippen LogP contribution in [-0.2, 0) is 4.79 Å². The van der Waals surface area contributed by atoms with Crippen LogP contribution in [0.5, 0.6) is 5.88 Å². The van der Waals surface area contributed by atoms with Crippen molar-refractivity contribution in [2.75, 3.05) is 0 Å². The van der Waals surface area contributed by atoms with Crippen molar-refractivity contribution < 1.29 is 19.4 Å². The van der Waals surface area contributed by atoms with E-state index in [9.17, 15) is 14.7 Å². The van der Waals surface area contributed by atoms with Crippen LogP contribution in [0.2, 0.25) is 0 Å². The Kier molecular flexibility index (Phi) is 4.50. The molecule has 1 heterocycles. The van der Waals surface area contributed by atoms with Gasteiger partial charge in [-0.3, -0.25) is 4.79 Å². The van der Waals surface area contributed by atoms with E-state index in [0.717, 1.165) is 38.5 Å². The second-order valence-corrected chi connectivity index (χ2v) is 6.46. The van der Waals surface area contributed by atoms with Gasteiger partial charge in [0.15, 0.2) is 0 Å². The lowest BCUT2D eigenvalue weighted by Gasteiger charge is -2.34. The summed E-state index contributed by atoms with van der Waals surface area (Å²) in [6.45, 7) is 0. The van der Waals surface area contributed by atoms with Gasteiger partial charge in [0.2, 0.25) is 5.88 Å². The van der Waals surface area contributed by atoms with Crippen molar-refractivity contribution in [1.29, 1.82) is 0 Å². The third-order valence-electron chi connectivity index (χ3n) is 4.81. The first kappa shape index (κ1) is 15.8. The van der Waals surface area contributed by atoms with E-state index in [1.807, 2.05) is 0 Å². The van der Waals surface area contributed by atoms with E-state index in [-0.39, 0.29) is 12.0 Å². The number of carbonyl (C=O) groups excluding carboxylic acids is 1. The molecule has 2 saturated carbocycles. The maximum Gasteiger partial charge on any atom is 0.329 e. The minimum atomic E-state index is -1.15. The van der Waals surface area contributed by atoms with Crippen LogP contribution in [0.25, 0.3) is 0 Å². The van der Waals surface area contributed by atoms with Gasteiger partial charge in [-0.2, -0.15) is 0 Å². The van der Waals surface area contributed by atoms with Gasteiger partial charge in [0, 0.05) is 17.8 Å². The van der Waals surface area contributed by atoms with E-state index >= 15 is 0 Å². The molecule has 0 aromatic carbocycles. The highest BCUT2D eigenvalue weighted by atomic mass is 16.5. The van der Waals surface area contributed by atoms with E-state index in [2.05, 4.69) is 10.3 Å². The lowest BCUT2D eigenvalue weighted by Crippen LogP contribution is -2.55. The molecular weight excluding hydrogens is 296 g/mol. The largest absolute Gasteiger partial charge is 0.480 e. The van der Waals surface area contributed by atoms with Gasteiger partial charge in [-0.1, -0.05) is 19.3 Å². The maximum atomic E-state index is 12.5. The van der Waals surface area contributed by atoms with Crippen molar-refractivity contribution in [2.24, 2.45) is 0 Å². The lowest BCUT2D eigenvalue weighted by atomic mass is 9.81. The van der Waals surface area contributed by atoms with Crippen LogP contribution in [0.4, 0.5) is 0 Å². The van der Waals surface area contributed by atoms with Crippen molar-refractivity contribution in [1.82, 2.24) is 10.3 Å². The Balaban J connectivity index is 1.71. The van der Waals surface area contributed by atoms with Crippen molar-refractivity contribution >= 4 is 11.9 Å². The Morgan fingerprint density at radius 3 is 2.57 bits per heavy atom. The fourth-order valence-corrected chi connectivity index (χ4v) is 3.11. The fourth-order valence-electron chi connectivity index (χ4n) is 3.11. The zero-order valence-corrected chi connectivity index (χ0v) is 13.1. The maximum absolute atomic E-state index is 12.5. The lowest BCUT2D eigenvalue weighted by molar-refractivity contribution is -0.145. The van der Waals surface area contributed by atoms with Crippen LogP contribution in [-0.4, -0.2) is 33.6 Å². The Morgan fingerprint density at radius 2 is 1.96 bits per heavy atom. The number of hydrogen-bond donors (Lipinski definition) is 2. The molecule has 0 bridgehead atoms. The summed E-state index contributed by atoms with van der Waals surface area (Å²) >= 11 is 0. The Bertz CT molecular complexity index is 592. The number of rotatable bonds is 5. The first-order valence-electron chi connectivity index (χ1n) is 8.28. The minimum absolute atomic E-state index is 0.185. The number of aromatic nitrogens is 1. The van der Waals surface area contributed by atoms with E-state index in [0.29, 0.717) is 24.3 Å². The zero-order valence-electron chi connectivity index (χ0n) is 13.1. The predicted octanol–water partition coefficient (Wildman–Crippen LogP) is 2.53. The topological polar surface area (TPSA) is 88.5 Å². The summed E-state index contributed by atoms with van der Waals surface area (Å²) in [5.41, 5.74) is -0.756. The average molecular weight is 318 g/mol. The van der Waals surface area contributed by atoms with Gasteiger partial charge in [-0.15, -0.1) is 0 Å². The van der Waals surface area contributed by atoms with Crippen LogP contribution in [0.3, 0.4) is 0 Å². The van der Waals surface area contributed by atoms with Gasteiger partial charge >= 0.3 is 5.97 Å². The quantitative estimate of drug-likeness (QED) is 0.871. The smallest absolute Gasteiger partial charge is 0.329 e. The molecular formula is C17H22N2O4. The number of carboxylic acid groups (broad SMARTS) is 1. The molecule has 6 nitrogen and oxygen atoms in total. The molecule has 0 spiro atoms. The van der Waals surface area contributed by atoms with E-state index in [1.165, 1.54) is 6.20 Å². The van der Waals surface area contributed by atoms with E-state index < -0.39 is 11.5 Å². The predicted molar refractivity (Wildman–Crippen MR) is 83.4 cm³/mol. The number of hydrogen-bond acceptors (Lipinski definition) is 4. The molecule has 0 aliphatic heterocycles. The Hall–Kier alpha value is -2.11. The van der Waals surface area contributed by atoms with Gasteiger partial charge in [-0.05, 0) is 38.2 Å². The van der Waals surface area contributed by atoms with Crippen LogP contribution >= 0.6 is 0 Å². The Labute approximate surface area is 135 Å². The standard InChI is InChI=1S/C17H22N2O4/c20-15(19-17(16(21)22)8-2-1-3-9-17)12-7-10-18-14(11-12)23-13-5-4-6-13/h7,10-11,13H,1-6,8-9H2,(H,19,20)(H,21,22). The van der Waals surface area contributed by atoms with Gasteiger partial charge < -0.3 is 15.2 Å². The SMILES string of the molecule is O=C(NC1(C(=O)O)CCCCC1)c1ccnc(OC2CCC2)c1. The van der Waals surface area contributed by atoms with Crippen LogP contribution in [0, 0.1) is 0 Å². The van der Waals surface area contributed by atoms with Crippen molar-refractivity contribution in [3.63, 3.8) is 0 Å². The third kappa shape index (κ3) is 3.46. The van der Waals surface area contributed by atoms with Crippen molar-refractivity contribution in [2.45, 2.75) is 63.0 Å². The average Bonchev–Trinajstić information content (AvgIpc) is 2.52. The summed E-state index contributed by atoms with van der Waals surface area (Å²) in [5, 5.41) is 12.3. The molecule has 1 amide bonds. The summed E-state index contributed by atoms with van der Waals surface area (Å²) < 4.78 is 5.70. The number of ether oxygens (including phenoxy) is 1. The highest BCUT2D eigenvalue weighted by molar-refractivity contribution is 5.98. The third-order valence-corrected chi connectivity index (χ3v) is 4.81. The number of aliphatic carboxylic acids is 1. The second-order valence-electron chi connectivity index (χ2n) is 6.46. The molecule has 2 fully saturated rings. The molecule has 2 N–H and O–H groups in total. The zero-order chi connectivity index (χ0) is 16.3. The van der Waals surface area contributed by atoms with E-state index in [1.54, 1.807) is 12.1 Å². The number of carbonyl (C=O) groups is 2. The highest BCUT2D eigenvalue weighted by Gasteiger charge is 2.41. The van der Waals surface area contributed by atoms with Crippen molar-refractivity contribution in [3.8, 4) is 5.88 Å². The molecule has 6 heteroatoms. The summed E-state index contributed by atoms with van der Waals surface area (Å²) in [6, 6.07) is 3.17. The normalized spacial score (nSPS) is 20.3. The van der Waals surface area contributed by atoms with Gasteiger partial charge in [0.05, 0.1) is 0 Å². The summed E-state index contributed by atoms with van der Waals surface area (Å²) in [4.78, 5) is 28.3. The molecule has 0 unspecified atom stereocenters. The minimum Gasteiger partial charge on any atom is -0.480 e. The molecule has 2 aliphatic carbocycles. The molecule has 1 aromatic rings. The first-order valence-corrected chi connectivity index (χ1v) is 8.28. The molecule has 23 heavy (non-hydrogen) atoms. The van der Waals surface area contributed by atoms with Gasteiger partial charge in [-0.25, -0.2) is 9.78 Å². The molecule has 2 aliphatic rings. The van der Waals surface area contributed by atoms with Gasteiger partial charge in [0.1, 0.15) is 11.6 Å². The van der Waals surface area contributed by atoms with Crippen molar-refractivity contribution in [3.05, 3.63) is 23.9 Å². The molecule has 124 valence electrons. The molecule has 0 atom stereocenters. The highest BCUT2D eigenvalue weighted by Crippen LogP contribution is 2.29. The molecule has 0 saturated heterocycles. The number of pyridine rings is 1.